The van der Waals surface area contributed by atoms with Gasteiger partial charge >= 0.3 is 5.97 Å². The molecule has 9 heteroatoms. The Labute approximate surface area is 226 Å². The number of carbonyl (C=O) groups excluding carboxylic acids is 3. The maximum Gasteiger partial charge on any atom is 0.355 e. The van der Waals surface area contributed by atoms with Gasteiger partial charge in [0.1, 0.15) is 10.6 Å². The minimum absolute atomic E-state index is 0.258. The molecule has 188 valence electrons. The minimum atomic E-state index is -0.586. The van der Waals surface area contributed by atoms with Gasteiger partial charge in [0.25, 0.3) is 11.8 Å². The molecule has 5 rings (SSSR count). The number of hydrogen-bond donors (Lipinski definition) is 2. The molecule has 7 nitrogen and oxygen atoms in total. The number of nitrogens with one attached hydrogen (secondary N) is 2. The first-order chi connectivity index (χ1) is 18.5. The first-order valence-corrected chi connectivity index (χ1v) is 12.8. The number of esters is 1. The number of nitrogens with zero attached hydrogens (tertiary/aromatic N) is 1. The number of hydrazone groups is 1. The van der Waals surface area contributed by atoms with Crippen LogP contribution in [-0.2, 0) is 4.79 Å². The minimum Gasteiger partial charge on any atom is -0.422 e. The number of fused-ring (bicyclic) bond motifs is 2. The summed E-state index contributed by atoms with van der Waals surface area (Å²) in [6.07, 6.45) is 1.36. The van der Waals surface area contributed by atoms with Crippen molar-refractivity contribution in [3.05, 3.63) is 112 Å². The molecule has 2 amide bonds. The van der Waals surface area contributed by atoms with E-state index in [2.05, 4.69) is 15.8 Å². The summed E-state index contributed by atoms with van der Waals surface area (Å²) in [5, 5.41) is 9.42. The topological polar surface area (TPSA) is 96.9 Å². The van der Waals surface area contributed by atoms with Crippen LogP contribution in [0.4, 0.5) is 0 Å². The van der Waals surface area contributed by atoms with Crippen LogP contribution in [0.3, 0.4) is 0 Å². The van der Waals surface area contributed by atoms with Crippen molar-refractivity contribution in [1.82, 2.24) is 10.7 Å². The first-order valence-electron chi connectivity index (χ1n) is 11.6. The number of benzene rings is 4. The second-order valence-electron chi connectivity index (χ2n) is 8.17. The van der Waals surface area contributed by atoms with E-state index >= 15 is 0 Å². The monoisotopic (exact) mass is 541 g/mol. The van der Waals surface area contributed by atoms with Crippen molar-refractivity contribution in [3.63, 3.8) is 0 Å². The van der Waals surface area contributed by atoms with E-state index < -0.39 is 11.9 Å². The van der Waals surface area contributed by atoms with Gasteiger partial charge in [-0.1, -0.05) is 78.3 Å². The van der Waals surface area contributed by atoms with Crippen LogP contribution in [0.5, 0.6) is 5.75 Å². The van der Waals surface area contributed by atoms with Crippen molar-refractivity contribution in [1.29, 1.82) is 0 Å². The molecule has 4 aromatic carbocycles. The Hall–Kier alpha value is -4.53. The number of rotatable bonds is 7. The van der Waals surface area contributed by atoms with Crippen molar-refractivity contribution in [2.45, 2.75) is 0 Å². The SMILES string of the molecule is O=C(CNC(=O)c1cccc2ccccc12)NN=Cc1ccccc1OC(=O)c1sc2ccccc2c1Cl. The van der Waals surface area contributed by atoms with Gasteiger partial charge in [-0.3, -0.25) is 9.59 Å². The fourth-order valence-electron chi connectivity index (χ4n) is 3.86. The van der Waals surface area contributed by atoms with E-state index in [0.29, 0.717) is 21.0 Å². The van der Waals surface area contributed by atoms with E-state index in [0.717, 1.165) is 20.9 Å². The van der Waals surface area contributed by atoms with Crippen LogP contribution in [0.15, 0.2) is 96.1 Å². The van der Waals surface area contributed by atoms with Gasteiger partial charge in [-0.25, -0.2) is 10.2 Å². The summed E-state index contributed by atoms with van der Waals surface area (Å²) in [5.74, 6) is -1.20. The molecular formula is C29H20ClN3O4S. The molecule has 5 aromatic rings. The summed E-state index contributed by atoms with van der Waals surface area (Å²) in [4.78, 5) is 38.0. The maximum atomic E-state index is 12.8. The van der Waals surface area contributed by atoms with Gasteiger partial charge in [-0.15, -0.1) is 11.3 Å². The van der Waals surface area contributed by atoms with Crippen molar-refractivity contribution in [2.24, 2.45) is 5.10 Å². The average molecular weight is 542 g/mol. The van der Waals surface area contributed by atoms with E-state index in [1.54, 1.807) is 36.4 Å². The fourth-order valence-corrected chi connectivity index (χ4v) is 5.25. The number of para-hydroxylation sites is 1. The summed E-state index contributed by atoms with van der Waals surface area (Å²) >= 11 is 7.66. The second-order valence-corrected chi connectivity index (χ2v) is 9.60. The van der Waals surface area contributed by atoms with Crippen LogP contribution in [0, 0.1) is 0 Å². The van der Waals surface area contributed by atoms with E-state index in [-0.39, 0.29) is 18.2 Å². The maximum absolute atomic E-state index is 12.8. The Morgan fingerprint density at radius 1 is 0.868 bits per heavy atom. The largest absolute Gasteiger partial charge is 0.422 e. The van der Waals surface area contributed by atoms with Gasteiger partial charge < -0.3 is 10.1 Å². The third-order valence-electron chi connectivity index (χ3n) is 5.68. The van der Waals surface area contributed by atoms with Crippen molar-refractivity contribution < 1.29 is 19.1 Å². The predicted molar refractivity (Wildman–Crippen MR) is 150 cm³/mol. The molecule has 38 heavy (non-hydrogen) atoms. The standard InChI is InChI=1S/C29H20ClN3O4S/c30-26-22-12-4-6-15-24(22)38-27(26)29(36)37-23-14-5-2-9-19(23)16-32-33-25(34)17-31-28(35)21-13-7-10-18-8-1-3-11-20(18)21/h1-16H,17H2,(H,31,35)(H,33,34). The van der Waals surface area contributed by atoms with Crippen LogP contribution in [-0.4, -0.2) is 30.5 Å². The third kappa shape index (κ3) is 5.41. The molecular weight excluding hydrogens is 522 g/mol. The number of amides is 2. The van der Waals surface area contributed by atoms with Gasteiger partial charge in [-0.05, 0) is 35.0 Å². The smallest absolute Gasteiger partial charge is 0.355 e. The second kappa shape index (κ2) is 11.2. The van der Waals surface area contributed by atoms with Gasteiger partial charge in [0, 0.05) is 21.2 Å². The van der Waals surface area contributed by atoms with Gasteiger partial charge in [0.15, 0.2) is 0 Å². The van der Waals surface area contributed by atoms with Crippen LogP contribution in [0.1, 0.15) is 25.6 Å². The van der Waals surface area contributed by atoms with E-state index in [1.807, 2.05) is 54.6 Å². The lowest BCUT2D eigenvalue weighted by atomic mass is 10.0. The zero-order valence-electron chi connectivity index (χ0n) is 19.8. The van der Waals surface area contributed by atoms with Gasteiger partial charge in [0.2, 0.25) is 0 Å². The number of hydrogen-bond acceptors (Lipinski definition) is 6. The average Bonchev–Trinajstić information content (AvgIpc) is 3.29. The molecule has 0 radical (unpaired) electrons. The summed E-state index contributed by atoms with van der Waals surface area (Å²) < 4.78 is 6.47. The van der Waals surface area contributed by atoms with Crippen molar-refractivity contribution in [2.75, 3.05) is 6.54 Å². The van der Waals surface area contributed by atoms with Crippen LogP contribution in [0.25, 0.3) is 20.9 Å². The zero-order chi connectivity index (χ0) is 26.5. The van der Waals surface area contributed by atoms with Crippen molar-refractivity contribution in [3.8, 4) is 5.75 Å². The lowest BCUT2D eigenvalue weighted by Crippen LogP contribution is -2.35. The number of thiophene rings is 1. The summed E-state index contributed by atoms with van der Waals surface area (Å²) in [5.41, 5.74) is 3.32. The lowest BCUT2D eigenvalue weighted by molar-refractivity contribution is -0.120. The molecule has 1 aromatic heterocycles. The predicted octanol–water partition coefficient (Wildman–Crippen LogP) is 5.81. The van der Waals surface area contributed by atoms with E-state index in [4.69, 9.17) is 16.3 Å². The Balaban J connectivity index is 1.20. The molecule has 0 bridgehead atoms. The van der Waals surface area contributed by atoms with E-state index in [1.165, 1.54) is 17.6 Å². The Kier molecular flexibility index (Phi) is 7.44. The molecule has 0 aliphatic rings. The van der Waals surface area contributed by atoms with Crippen LogP contribution < -0.4 is 15.5 Å². The molecule has 2 N–H and O–H groups in total. The zero-order valence-corrected chi connectivity index (χ0v) is 21.4. The molecule has 0 saturated carbocycles. The van der Waals surface area contributed by atoms with Crippen LogP contribution in [0.2, 0.25) is 5.02 Å². The number of ether oxygens (including phenoxy) is 1. The van der Waals surface area contributed by atoms with Crippen LogP contribution >= 0.6 is 22.9 Å². The highest BCUT2D eigenvalue weighted by Gasteiger charge is 2.20. The highest BCUT2D eigenvalue weighted by molar-refractivity contribution is 7.21. The Bertz CT molecular complexity index is 1710. The fraction of sp³-hybridized carbons (Fsp3) is 0.0345. The highest BCUT2D eigenvalue weighted by atomic mass is 35.5. The molecule has 0 aliphatic heterocycles. The van der Waals surface area contributed by atoms with Gasteiger partial charge in [-0.2, -0.15) is 5.10 Å². The molecule has 0 unspecified atom stereocenters. The summed E-state index contributed by atoms with van der Waals surface area (Å²) in [6, 6.07) is 27.2. The summed E-state index contributed by atoms with van der Waals surface area (Å²) in [6.45, 7) is -0.263. The third-order valence-corrected chi connectivity index (χ3v) is 7.33. The Morgan fingerprint density at radius 3 is 2.42 bits per heavy atom. The lowest BCUT2D eigenvalue weighted by Gasteiger charge is -2.08. The number of halogens is 1. The quantitative estimate of drug-likeness (QED) is 0.118. The highest BCUT2D eigenvalue weighted by Crippen LogP contribution is 2.36. The molecule has 1 heterocycles. The normalized spacial score (nSPS) is 11.1. The molecule has 0 atom stereocenters. The van der Waals surface area contributed by atoms with Crippen molar-refractivity contribution >= 4 is 67.8 Å². The molecule has 0 fully saturated rings. The molecule has 0 saturated heterocycles. The summed E-state index contributed by atoms with van der Waals surface area (Å²) in [7, 11) is 0. The van der Waals surface area contributed by atoms with E-state index in [9.17, 15) is 14.4 Å². The Morgan fingerprint density at radius 2 is 1.58 bits per heavy atom. The molecule has 0 aliphatic carbocycles. The first kappa shape index (κ1) is 25.1. The number of carbonyl (C=O) groups is 3. The van der Waals surface area contributed by atoms with Gasteiger partial charge in [0.05, 0.1) is 17.8 Å². The molecule has 0 spiro atoms.